The molecular weight excluding hydrogens is 470 g/mol. The van der Waals surface area contributed by atoms with E-state index in [0.29, 0.717) is 43.1 Å². The molecule has 2 aliphatic rings. The van der Waals surface area contributed by atoms with Gasteiger partial charge < -0.3 is 14.7 Å². The first-order valence-corrected chi connectivity index (χ1v) is 13.0. The highest BCUT2D eigenvalue weighted by Gasteiger charge is 2.49. The van der Waals surface area contributed by atoms with Crippen molar-refractivity contribution in [2.45, 2.75) is 50.4 Å². The predicted molar refractivity (Wildman–Crippen MR) is 122 cm³/mol. The SMILES string of the molecule is Cc1c(C(=O)N2CCC3(CC2)C[C@H](NS(C)(=O)=O)[C@@](C)(O)CO3)nnn1-c1ccc(Cl)cc1. The van der Waals surface area contributed by atoms with Crippen LogP contribution in [0.15, 0.2) is 24.3 Å². The molecule has 1 amide bonds. The molecule has 33 heavy (non-hydrogen) atoms. The summed E-state index contributed by atoms with van der Waals surface area (Å²) >= 11 is 5.95. The maximum absolute atomic E-state index is 13.2. The normalized spacial score (nSPS) is 25.4. The molecule has 1 spiro atoms. The van der Waals surface area contributed by atoms with Gasteiger partial charge in [0.15, 0.2) is 5.69 Å². The standard InChI is InChI=1S/C21H28ClN5O5S/c1-14-18(23-25-27(14)16-6-4-15(22)5-7-16)19(28)26-10-8-21(9-11-26)12-17(24-33(3,30)31)20(2,29)13-32-21/h4-7,17,24,29H,8-13H2,1-3H3/t17-,20-/m0/s1. The molecule has 0 saturated carbocycles. The smallest absolute Gasteiger partial charge is 0.276 e. The van der Waals surface area contributed by atoms with Crippen molar-refractivity contribution >= 4 is 27.5 Å². The quantitative estimate of drug-likeness (QED) is 0.651. The number of piperidine rings is 1. The van der Waals surface area contributed by atoms with Crippen LogP contribution >= 0.6 is 11.6 Å². The Kier molecular flexibility index (Phi) is 6.29. The Labute approximate surface area is 197 Å². The Morgan fingerprint density at radius 2 is 1.91 bits per heavy atom. The fraction of sp³-hybridized carbons (Fsp3) is 0.571. The van der Waals surface area contributed by atoms with Crippen LogP contribution in [0.1, 0.15) is 42.4 Å². The zero-order chi connectivity index (χ0) is 24.0. The molecule has 2 aliphatic heterocycles. The van der Waals surface area contributed by atoms with Gasteiger partial charge in [-0.25, -0.2) is 17.8 Å². The summed E-state index contributed by atoms with van der Waals surface area (Å²) in [4.78, 5) is 14.9. The number of benzene rings is 1. The zero-order valence-electron chi connectivity index (χ0n) is 18.8. The van der Waals surface area contributed by atoms with E-state index in [1.54, 1.807) is 47.7 Å². The Morgan fingerprint density at radius 1 is 1.27 bits per heavy atom. The predicted octanol–water partition coefficient (Wildman–Crippen LogP) is 1.29. The Bertz CT molecular complexity index is 1140. The number of halogens is 1. The van der Waals surface area contributed by atoms with Crippen molar-refractivity contribution in [1.82, 2.24) is 24.6 Å². The highest BCUT2D eigenvalue weighted by atomic mass is 35.5. The van der Waals surface area contributed by atoms with Crippen LogP contribution in [0.25, 0.3) is 5.69 Å². The number of hydrogen-bond acceptors (Lipinski definition) is 7. The number of carbonyl (C=O) groups is 1. The fourth-order valence-electron chi connectivity index (χ4n) is 4.45. The molecule has 3 heterocycles. The lowest BCUT2D eigenvalue weighted by Gasteiger charge is -2.50. The minimum absolute atomic E-state index is 0.0165. The van der Waals surface area contributed by atoms with E-state index in [9.17, 15) is 18.3 Å². The maximum Gasteiger partial charge on any atom is 0.276 e. The van der Waals surface area contributed by atoms with E-state index in [4.69, 9.17) is 16.3 Å². The van der Waals surface area contributed by atoms with E-state index in [2.05, 4.69) is 15.0 Å². The molecular formula is C21H28ClN5O5S. The van der Waals surface area contributed by atoms with E-state index in [-0.39, 0.29) is 18.2 Å². The second kappa shape index (κ2) is 8.62. The third kappa shape index (κ3) is 5.07. The number of hydrogen-bond donors (Lipinski definition) is 2. The molecule has 2 saturated heterocycles. The highest BCUT2D eigenvalue weighted by molar-refractivity contribution is 7.88. The first-order chi connectivity index (χ1) is 15.4. The van der Waals surface area contributed by atoms with E-state index in [1.807, 2.05) is 0 Å². The van der Waals surface area contributed by atoms with Crippen LogP contribution in [-0.2, 0) is 14.8 Å². The molecule has 0 radical (unpaired) electrons. The van der Waals surface area contributed by atoms with Gasteiger partial charge in [-0.05, 0) is 57.4 Å². The van der Waals surface area contributed by atoms with Gasteiger partial charge in [0.25, 0.3) is 5.91 Å². The number of amides is 1. The van der Waals surface area contributed by atoms with Crippen LogP contribution in [0, 0.1) is 6.92 Å². The van der Waals surface area contributed by atoms with Crippen molar-refractivity contribution in [1.29, 1.82) is 0 Å². The average Bonchev–Trinajstić information content (AvgIpc) is 3.12. The van der Waals surface area contributed by atoms with E-state index >= 15 is 0 Å². The third-order valence-corrected chi connectivity index (χ3v) is 7.45. The van der Waals surface area contributed by atoms with Gasteiger partial charge in [0.05, 0.1) is 35.9 Å². The van der Waals surface area contributed by atoms with Crippen LogP contribution in [0.5, 0.6) is 0 Å². The number of aromatic nitrogens is 3. The van der Waals surface area contributed by atoms with Crippen molar-refractivity contribution in [2.75, 3.05) is 26.0 Å². The van der Waals surface area contributed by atoms with Crippen molar-refractivity contribution in [3.8, 4) is 5.69 Å². The van der Waals surface area contributed by atoms with Crippen LogP contribution in [0.4, 0.5) is 0 Å². The lowest BCUT2D eigenvalue weighted by Crippen LogP contribution is -2.64. The Hall–Kier alpha value is -2.05. The van der Waals surface area contributed by atoms with Gasteiger partial charge >= 0.3 is 0 Å². The van der Waals surface area contributed by atoms with Crippen LogP contribution in [0.2, 0.25) is 5.02 Å². The lowest BCUT2D eigenvalue weighted by molar-refractivity contribution is -0.187. The number of likely N-dealkylation sites (tertiary alicyclic amines) is 1. The highest BCUT2D eigenvalue weighted by Crippen LogP contribution is 2.38. The Balaban J connectivity index is 1.45. The molecule has 1 aromatic carbocycles. The second-order valence-electron chi connectivity index (χ2n) is 9.18. The fourth-order valence-corrected chi connectivity index (χ4v) is 5.43. The summed E-state index contributed by atoms with van der Waals surface area (Å²) in [6.07, 6.45) is 2.47. The zero-order valence-corrected chi connectivity index (χ0v) is 20.4. The molecule has 2 aromatic rings. The molecule has 1 aromatic heterocycles. The second-order valence-corrected chi connectivity index (χ2v) is 11.4. The van der Waals surface area contributed by atoms with Crippen molar-refractivity contribution in [3.05, 3.63) is 40.7 Å². The van der Waals surface area contributed by atoms with Gasteiger partial charge in [-0.15, -0.1) is 5.10 Å². The van der Waals surface area contributed by atoms with Gasteiger partial charge in [-0.1, -0.05) is 16.8 Å². The first kappa shape index (κ1) is 24.1. The number of aliphatic hydroxyl groups is 1. The van der Waals surface area contributed by atoms with Crippen LogP contribution in [-0.4, -0.2) is 82.5 Å². The number of carbonyl (C=O) groups excluding carboxylic acids is 1. The van der Waals surface area contributed by atoms with Crippen molar-refractivity contribution in [2.24, 2.45) is 0 Å². The number of sulfonamides is 1. The summed E-state index contributed by atoms with van der Waals surface area (Å²) < 4.78 is 33.7. The van der Waals surface area contributed by atoms with Crippen LogP contribution < -0.4 is 4.72 Å². The summed E-state index contributed by atoms with van der Waals surface area (Å²) in [5, 5.41) is 19.5. The molecule has 0 unspecified atom stereocenters. The largest absolute Gasteiger partial charge is 0.386 e. The lowest BCUT2D eigenvalue weighted by atomic mass is 9.78. The molecule has 10 nitrogen and oxygen atoms in total. The van der Waals surface area contributed by atoms with Gasteiger partial charge in [-0.3, -0.25) is 4.79 Å². The topological polar surface area (TPSA) is 127 Å². The van der Waals surface area contributed by atoms with Crippen LogP contribution in [0.3, 0.4) is 0 Å². The van der Waals surface area contributed by atoms with Crippen molar-refractivity contribution < 1.29 is 23.1 Å². The Morgan fingerprint density at radius 3 is 2.52 bits per heavy atom. The number of rotatable bonds is 4. The first-order valence-electron chi connectivity index (χ1n) is 10.7. The minimum Gasteiger partial charge on any atom is -0.386 e. The minimum atomic E-state index is -3.49. The van der Waals surface area contributed by atoms with E-state index in [1.165, 1.54) is 0 Å². The van der Waals surface area contributed by atoms with Gasteiger partial charge in [0.1, 0.15) is 5.60 Å². The van der Waals surface area contributed by atoms with Crippen molar-refractivity contribution in [3.63, 3.8) is 0 Å². The molecule has 0 aliphatic carbocycles. The number of ether oxygens (including phenoxy) is 1. The molecule has 0 bridgehead atoms. The number of nitrogens with one attached hydrogen (secondary N) is 1. The maximum atomic E-state index is 13.2. The van der Waals surface area contributed by atoms with Gasteiger partial charge in [-0.2, -0.15) is 0 Å². The summed E-state index contributed by atoms with van der Waals surface area (Å²) in [6.45, 7) is 4.23. The number of nitrogens with zero attached hydrogens (tertiary/aromatic N) is 4. The molecule has 2 fully saturated rings. The summed E-state index contributed by atoms with van der Waals surface area (Å²) in [6, 6.07) is 6.44. The third-order valence-electron chi connectivity index (χ3n) is 6.48. The van der Waals surface area contributed by atoms with E-state index in [0.717, 1.165) is 11.9 Å². The summed E-state index contributed by atoms with van der Waals surface area (Å²) in [5.41, 5.74) is -0.237. The van der Waals surface area contributed by atoms with Gasteiger partial charge in [0.2, 0.25) is 10.0 Å². The van der Waals surface area contributed by atoms with E-state index < -0.39 is 27.3 Å². The summed E-state index contributed by atoms with van der Waals surface area (Å²) in [5.74, 6) is -0.212. The van der Waals surface area contributed by atoms with Gasteiger partial charge in [0, 0.05) is 18.1 Å². The monoisotopic (exact) mass is 497 g/mol. The average molecular weight is 498 g/mol. The molecule has 4 rings (SSSR count). The molecule has 2 N–H and O–H groups in total. The summed E-state index contributed by atoms with van der Waals surface area (Å²) in [7, 11) is -3.49. The molecule has 2 atom stereocenters. The molecule has 12 heteroatoms. The molecule has 180 valence electrons.